The van der Waals surface area contributed by atoms with Crippen LogP contribution in [0.15, 0.2) is 18.2 Å². The molecule has 0 spiro atoms. The summed E-state index contributed by atoms with van der Waals surface area (Å²) in [7, 11) is 0. The number of hydrogen-bond donors (Lipinski definition) is 3. The van der Waals surface area contributed by atoms with Crippen molar-refractivity contribution in [3.05, 3.63) is 18.2 Å². The van der Waals surface area contributed by atoms with Gasteiger partial charge in [-0.25, -0.2) is 4.79 Å². The molecule has 0 fully saturated rings. The van der Waals surface area contributed by atoms with Gasteiger partial charge in [-0.2, -0.15) is 0 Å². The molecule has 0 bridgehead atoms. The van der Waals surface area contributed by atoms with Crippen LogP contribution in [0.1, 0.15) is 13.3 Å². The molecule has 0 saturated carbocycles. The number of aliphatic carboxylic acids is 1. The van der Waals surface area contributed by atoms with Crippen molar-refractivity contribution in [2.75, 3.05) is 18.5 Å². The number of hydrogen-bond acceptors (Lipinski definition) is 4. The van der Waals surface area contributed by atoms with Crippen LogP contribution in [0.25, 0.3) is 0 Å². The van der Waals surface area contributed by atoms with E-state index < -0.39 is 18.0 Å². The van der Waals surface area contributed by atoms with Crippen LogP contribution < -0.4 is 20.1 Å². The van der Waals surface area contributed by atoms with E-state index in [4.69, 9.17) is 14.6 Å². The first kappa shape index (κ1) is 14.0. The lowest BCUT2D eigenvalue weighted by Crippen LogP contribution is -2.40. The largest absolute Gasteiger partial charge is 0.490 e. The second-order valence-corrected chi connectivity index (χ2v) is 4.37. The summed E-state index contributed by atoms with van der Waals surface area (Å²) in [5, 5.41) is 13.6. The third kappa shape index (κ3) is 3.53. The number of ether oxygens (including phenoxy) is 2. The molecule has 20 heavy (non-hydrogen) atoms. The van der Waals surface area contributed by atoms with Crippen LogP contribution in [0.4, 0.5) is 10.5 Å². The van der Waals surface area contributed by atoms with Crippen LogP contribution in [0.5, 0.6) is 11.5 Å². The zero-order chi connectivity index (χ0) is 14.5. The zero-order valence-electron chi connectivity index (χ0n) is 11.0. The average Bonchev–Trinajstić information content (AvgIpc) is 2.63. The van der Waals surface area contributed by atoms with Crippen molar-refractivity contribution in [3.63, 3.8) is 0 Å². The zero-order valence-corrected chi connectivity index (χ0v) is 11.0. The molecule has 1 aliphatic heterocycles. The van der Waals surface area contributed by atoms with Crippen molar-refractivity contribution >= 4 is 17.7 Å². The van der Waals surface area contributed by atoms with Crippen molar-refractivity contribution in [2.45, 2.75) is 19.4 Å². The summed E-state index contributed by atoms with van der Waals surface area (Å²) in [6.07, 6.45) is 0.800. The van der Waals surface area contributed by atoms with E-state index in [2.05, 4.69) is 10.6 Å². The minimum Gasteiger partial charge on any atom is -0.490 e. The summed E-state index contributed by atoms with van der Waals surface area (Å²) >= 11 is 0. The maximum absolute atomic E-state index is 11.6. The fraction of sp³-hybridized carbons (Fsp3) is 0.385. The first-order valence-corrected chi connectivity index (χ1v) is 6.26. The lowest BCUT2D eigenvalue weighted by atomic mass is 10.2. The second-order valence-electron chi connectivity index (χ2n) is 4.37. The molecule has 108 valence electrons. The third-order valence-electron chi connectivity index (χ3n) is 2.72. The molecule has 0 unspecified atom stereocenters. The van der Waals surface area contributed by atoms with Crippen molar-refractivity contribution in [3.8, 4) is 11.5 Å². The molecule has 2 rings (SSSR count). The van der Waals surface area contributed by atoms with Gasteiger partial charge in [-0.3, -0.25) is 4.79 Å². The Morgan fingerprint density at radius 3 is 2.65 bits per heavy atom. The van der Waals surface area contributed by atoms with Gasteiger partial charge in [-0.15, -0.1) is 0 Å². The van der Waals surface area contributed by atoms with E-state index >= 15 is 0 Å². The van der Waals surface area contributed by atoms with Gasteiger partial charge in [-0.05, 0) is 19.1 Å². The van der Waals surface area contributed by atoms with Crippen LogP contribution in [0, 0.1) is 0 Å². The number of carbonyl (C=O) groups is 2. The summed E-state index contributed by atoms with van der Waals surface area (Å²) in [6.45, 7) is 2.53. The molecule has 3 N–H and O–H groups in total. The highest BCUT2D eigenvalue weighted by Gasteiger charge is 2.15. The van der Waals surface area contributed by atoms with Crippen molar-refractivity contribution in [1.82, 2.24) is 5.32 Å². The van der Waals surface area contributed by atoms with E-state index in [1.54, 1.807) is 18.2 Å². The molecule has 7 nitrogen and oxygen atoms in total. The lowest BCUT2D eigenvalue weighted by Gasteiger charge is -2.12. The van der Waals surface area contributed by atoms with Gasteiger partial charge in [0.2, 0.25) is 0 Å². The highest BCUT2D eigenvalue weighted by Crippen LogP contribution is 2.32. The van der Waals surface area contributed by atoms with E-state index in [1.807, 2.05) is 0 Å². The SMILES string of the molecule is C[C@H](NC(=O)Nc1ccc2c(c1)OCCCO2)C(=O)O. The van der Waals surface area contributed by atoms with Crippen molar-refractivity contribution in [2.24, 2.45) is 0 Å². The molecule has 0 radical (unpaired) electrons. The van der Waals surface area contributed by atoms with Gasteiger partial charge in [0.25, 0.3) is 0 Å². The molecule has 1 aromatic carbocycles. The van der Waals surface area contributed by atoms with E-state index in [0.717, 1.165) is 6.42 Å². The molecular weight excluding hydrogens is 264 g/mol. The van der Waals surface area contributed by atoms with Gasteiger partial charge in [0.15, 0.2) is 11.5 Å². The highest BCUT2D eigenvalue weighted by atomic mass is 16.5. The first-order chi connectivity index (χ1) is 9.56. The van der Waals surface area contributed by atoms with Gasteiger partial charge in [0, 0.05) is 18.2 Å². The molecule has 1 atom stereocenters. The Hall–Kier alpha value is -2.44. The third-order valence-corrected chi connectivity index (χ3v) is 2.72. The number of rotatable bonds is 3. The minimum atomic E-state index is -1.10. The second kappa shape index (κ2) is 6.14. The normalized spacial score (nSPS) is 14.8. The number of amides is 2. The monoisotopic (exact) mass is 280 g/mol. The summed E-state index contributed by atoms with van der Waals surface area (Å²) in [5.41, 5.74) is 0.504. The van der Waals surface area contributed by atoms with Gasteiger partial charge in [-0.1, -0.05) is 0 Å². The number of carboxylic acids is 1. The predicted octanol–water partition coefficient (Wildman–Crippen LogP) is 1.44. The molecule has 1 aromatic rings. The summed E-state index contributed by atoms with van der Waals surface area (Å²) in [6, 6.07) is 3.46. The Kier molecular flexibility index (Phi) is 4.29. The van der Waals surface area contributed by atoms with E-state index in [0.29, 0.717) is 30.4 Å². The Morgan fingerprint density at radius 1 is 1.25 bits per heavy atom. The van der Waals surface area contributed by atoms with Crippen LogP contribution in [0.3, 0.4) is 0 Å². The lowest BCUT2D eigenvalue weighted by molar-refractivity contribution is -0.138. The van der Waals surface area contributed by atoms with E-state index in [1.165, 1.54) is 6.92 Å². The predicted molar refractivity (Wildman–Crippen MR) is 71.3 cm³/mol. The van der Waals surface area contributed by atoms with Crippen LogP contribution in [-0.2, 0) is 4.79 Å². The Bertz CT molecular complexity index is 517. The fourth-order valence-electron chi connectivity index (χ4n) is 1.67. The average molecular weight is 280 g/mol. The topological polar surface area (TPSA) is 96.9 Å². The number of fused-ring (bicyclic) bond motifs is 1. The van der Waals surface area contributed by atoms with E-state index in [-0.39, 0.29) is 0 Å². The number of carboxylic acid groups (broad SMARTS) is 1. The number of nitrogens with one attached hydrogen (secondary N) is 2. The van der Waals surface area contributed by atoms with Gasteiger partial charge < -0.3 is 25.2 Å². The molecule has 0 aromatic heterocycles. The fourth-order valence-corrected chi connectivity index (χ4v) is 1.67. The Balaban J connectivity index is 2.01. The number of urea groups is 1. The highest BCUT2D eigenvalue weighted by molar-refractivity contribution is 5.92. The maximum Gasteiger partial charge on any atom is 0.325 e. The Morgan fingerprint density at radius 2 is 1.95 bits per heavy atom. The van der Waals surface area contributed by atoms with Crippen molar-refractivity contribution < 1.29 is 24.2 Å². The van der Waals surface area contributed by atoms with E-state index in [9.17, 15) is 9.59 Å². The summed E-state index contributed by atoms with van der Waals surface area (Å²) < 4.78 is 11.0. The van der Waals surface area contributed by atoms with Crippen LogP contribution in [-0.4, -0.2) is 36.4 Å². The summed E-state index contributed by atoms with van der Waals surface area (Å²) in [5.74, 6) is 0.0951. The quantitative estimate of drug-likeness (QED) is 0.778. The van der Waals surface area contributed by atoms with Crippen LogP contribution >= 0.6 is 0 Å². The summed E-state index contributed by atoms with van der Waals surface area (Å²) in [4.78, 5) is 22.2. The molecule has 2 amide bonds. The Labute approximate surface area is 115 Å². The molecule has 1 aliphatic rings. The van der Waals surface area contributed by atoms with Crippen LogP contribution in [0.2, 0.25) is 0 Å². The van der Waals surface area contributed by atoms with Gasteiger partial charge in [0.1, 0.15) is 6.04 Å². The molecule has 0 saturated heterocycles. The van der Waals surface area contributed by atoms with Gasteiger partial charge >= 0.3 is 12.0 Å². The standard InChI is InChI=1S/C13H16N2O5/c1-8(12(16)17)14-13(18)15-9-3-4-10-11(7-9)20-6-2-5-19-10/h3-4,7-8H,2,5-6H2,1H3,(H,16,17)(H2,14,15,18)/t8-/m0/s1. The first-order valence-electron chi connectivity index (χ1n) is 6.26. The smallest absolute Gasteiger partial charge is 0.325 e. The molecular formula is C13H16N2O5. The minimum absolute atomic E-state index is 0.504. The maximum atomic E-state index is 11.6. The number of anilines is 1. The van der Waals surface area contributed by atoms with Crippen molar-refractivity contribution in [1.29, 1.82) is 0 Å². The molecule has 1 heterocycles. The number of benzene rings is 1. The molecule has 0 aliphatic carbocycles. The number of carbonyl (C=O) groups excluding carboxylic acids is 1. The van der Waals surface area contributed by atoms with Gasteiger partial charge in [0.05, 0.1) is 13.2 Å². The molecule has 7 heteroatoms.